The number of rotatable bonds is 5. The van der Waals surface area contributed by atoms with Gasteiger partial charge in [0.05, 0.1) is 5.69 Å². The highest BCUT2D eigenvalue weighted by atomic mass is 32.2. The average Bonchev–Trinajstić information content (AvgIpc) is 3.02. The quantitative estimate of drug-likeness (QED) is 0.889. The van der Waals surface area contributed by atoms with E-state index >= 15 is 0 Å². The number of aromatic nitrogens is 2. The molecule has 3 unspecified atom stereocenters. The summed E-state index contributed by atoms with van der Waals surface area (Å²) in [6, 6.07) is 0.231. The molecular weight excluding hydrogens is 298 g/mol. The molecule has 3 atom stereocenters. The Morgan fingerprint density at radius 2 is 2.38 bits per heavy atom. The number of hydrogen-bond acceptors (Lipinski definition) is 4. The maximum Gasteiger partial charge on any atom is 0.194 e. The average molecular weight is 324 g/mol. The third-order valence-electron chi connectivity index (χ3n) is 4.47. The summed E-state index contributed by atoms with van der Waals surface area (Å²) < 4.78 is 2.24. The highest BCUT2D eigenvalue weighted by Crippen LogP contribution is 2.38. The van der Waals surface area contributed by atoms with Crippen LogP contribution in [0, 0.1) is 5.92 Å². The van der Waals surface area contributed by atoms with E-state index in [9.17, 15) is 0 Å². The maximum atomic E-state index is 6.20. The predicted molar refractivity (Wildman–Crippen MR) is 92.3 cm³/mol. The molecule has 1 fully saturated rings. The Hall–Kier alpha value is -0.520. The van der Waals surface area contributed by atoms with Gasteiger partial charge in [0.1, 0.15) is 5.03 Å². The van der Waals surface area contributed by atoms with Crippen molar-refractivity contribution in [1.29, 1.82) is 0 Å². The molecular formula is C16H25N3S2. The third-order valence-corrected chi connectivity index (χ3v) is 6.54. The lowest BCUT2D eigenvalue weighted by atomic mass is 9.91. The van der Waals surface area contributed by atoms with Gasteiger partial charge in [0.25, 0.3) is 0 Å². The second kappa shape index (κ2) is 6.71. The van der Waals surface area contributed by atoms with Gasteiger partial charge >= 0.3 is 0 Å². The molecule has 1 aliphatic carbocycles. The first-order valence-corrected chi connectivity index (χ1v) is 9.80. The first kappa shape index (κ1) is 15.4. The molecule has 3 rings (SSSR count). The zero-order valence-electron chi connectivity index (χ0n) is 12.9. The summed E-state index contributed by atoms with van der Waals surface area (Å²) in [7, 11) is 0. The van der Waals surface area contributed by atoms with Crippen LogP contribution in [0.5, 0.6) is 0 Å². The van der Waals surface area contributed by atoms with Gasteiger partial charge in [0.15, 0.2) is 4.96 Å². The van der Waals surface area contributed by atoms with Gasteiger partial charge in [-0.1, -0.05) is 26.7 Å². The lowest BCUT2D eigenvalue weighted by Gasteiger charge is -2.25. The summed E-state index contributed by atoms with van der Waals surface area (Å²) in [5.41, 5.74) is 7.52. The van der Waals surface area contributed by atoms with Crippen LogP contribution in [0.15, 0.2) is 16.6 Å². The second-order valence-electron chi connectivity index (χ2n) is 6.30. The Bertz CT molecular complexity index is 589. The molecule has 1 saturated carbocycles. The molecule has 116 valence electrons. The van der Waals surface area contributed by atoms with Crippen LogP contribution in [0.2, 0.25) is 0 Å². The number of thiazole rings is 1. The number of hydrogen-bond donors (Lipinski definition) is 1. The Labute approximate surface area is 135 Å². The third kappa shape index (κ3) is 3.46. The van der Waals surface area contributed by atoms with Gasteiger partial charge in [-0.05, 0) is 25.2 Å². The molecule has 2 N–H and O–H groups in total. The largest absolute Gasteiger partial charge is 0.327 e. The van der Waals surface area contributed by atoms with E-state index in [-0.39, 0.29) is 6.04 Å². The zero-order valence-corrected chi connectivity index (χ0v) is 14.6. The van der Waals surface area contributed by atoms with E-state index in [1.807, 2.05) is 11.8 Å². The lowest BCUT2D eigenvalue weighted by Crippen LogP contribution is -2.22. The smallest absolute Gasteiger partial charge is 0.194 e. The molecule has 3 nitrogen and oxygen atoms in total. The highest BCUT2D eigenvalue weighted by Gasteiger charge is 2.23. The van der Waals surface area contributed by atoms with E-state index in [1.54, 1.807) is 11.3 Å². The second-order valence-corrected chi connectivity index (χ2v) is 8.47. The fraction of sp³-hybridized carbons (Fsp3) is 0.688. The predicted octanol–water partition coefficient (Wildman–Crippen LogP) is 4.35. The molecule has 0 aromatic carbocycles. The van der Waals surface area contributed by atoms with Crippen LogP contribution >= 0.6 is 23.1 Å². The van der Waals surface area contributed by atoms with Crippen LogP contribution in [-0.2, 0) is 6.42 Å². The maximum absolute atomic E-state index is 6.20. The number of nitrogens with two attached hydrogens (primary N) is 1. The van der Waals surface area contributed by atoms with E-state index in [0.29, 0.717) is 0 Å². The Morgan fingerprint density at radius 3 is 3.14 bits per heavy atom. The Morgan fingerprint density at radius 1 is 1.52 bits per heavy atom. The van der Waals surface area contributed by atoms with Gasteiger partial charge in [0.2, 0.25) is 0 Å². The minimum Gasteiger partial charge on any atom is -0.327 e. The monoisotopic (exact) mass is 323 g/mol. The van der Waals surface area contributed by atoms with Crippen molar-refractivity contribution in [2.24, 2.45) is 11.7 Å². The number of imidazole rings is 1. The van der Waals surface area contributed by atoms with Crippen LogP contribution < -0.4 is 5.73 Å². The normalized spacial score (nSPS) is 24.5. The summed E-state index contributed by atoms with van der Waals surface area (Å²) >= 11 is 3.71. The molecule has 2 heterocycles. The van der Waals surface area contributed by atoms with Crippen LogP contribution in [0.4, 0.5) is 0 Å². The van der Waals surface area contributed by atoms with E-state index in [2.05, 4.69) is 29.8 Å². The van der Waals surface area contributed by atoms with Crippen molar-refractivity contribution in [2.75, 3.05) is 0 Å². The summed E-state index contributed by atoms with van der Waals surface area (Å²) in [4.78, 5) is 5.98. The van der Waals surface area contributed by atoms with E-state index < -0.39 is 0 Å². The first-order chi connectivity index (χ1) is 10.2. The van der Waals surface area contributed by atoms with Crippen molar-refractivity contribution in [3.05, 3.63) is 17.3 Å². The minimum atomic E-state index is 0.231. The molecule has 2 aromatic rings. The standard InChI is InChI=1S/C16H25N3S2/c1-3-12(17)10-14-15(18-16-19(14)7-8-20-16)21-13-6-4-5-11(2)9-13/h7-8,11-13H,3-6,9-10,17H2,1-2H3. The molecule has 0 aliphatic heterocycles. The van der Waals surface area contributed by atoms with E-state index in [4.69, 9.17) is 10.7 Å². The van der Waals surface area contributed by atoms with Gasteiger partial charge < -0.3 is 5.73 Å². The number of fused-ring (bicyclic) bond motifs is 1. The topological polar surface area (TPSA) is 43.3 Å². The van der Waals surface area contributed by atoms with Crippen LogP contribution in [0.3, 0.4) is 0 Å². The fourth-order valence-corrected chi connectivity index (χ4v) is 5.40. The van der Waals surface area contributed by atoms with Crippen molar-refractivity contribution in [3.63, 3.8) is 0 Å². The Kier molecular flexibility index (Phi) is 4.92. The lowest BCUT2D eigenvalue weighted by molar-refractivity contribution is 0.394. The summed E-state index contributed by atoms with van der Waals surface area (Å²) in [5, 5.41) is 4.07. The molecule has 0 radical (unpaired) electrons. The first-order valence-electron chi connectivity index (χ1n) is 8.04. The van der Waals surface area contributed by atoms with Crippen molar-refractivity contribution in [3.8, 4) is 0 Å². The van der Waals surface area contributed by atoms with Gasteiger partial charge in [-0.25, -0.2) is 4.98 Å². The molecule has 0 bridgehead atoms. The van der Waals surface area contributed by atoms with Gasteiger partial charge in [-0.15, -0.1) is 23.1 Å². The van der Waals surface area contributed by atoms with E-state index in [0.717, 1.165) is 29.0 Å². The van der Waals surface area contributed by atoms with Gasteiger partial charge in [0, 0.05) is 29.3 Å². The van der Waals surface area contributed by atoms with Crippen molar-refractivity contribution < 1.29 is 0 Å². The molecule has 0 spiro atoms. The van der Waals surface area contributed by atoms with Crippen molar-refractivity contribution >= 4 is 28.1 Å². The molecule has 1 aliphatic rings. The zero-order chi connectivity index (χ0) is 14.8. The fourth-order valence-electron chi connectivity index (χ4n) is 3.13. The van der Waals surface area contributed by atoms with Crippen LogP contribution in [0.1, 0.15) is 51.6 Å². The van der Waals surface area contributed by atoms with Gasteiger partial charge in [-0.2, -0.15) is 0 Å². The summed E-state index contributed by atoms with van der Waals surface area (Å²) in [6.07, 6.45) is 9.50. The molecule has 2 aromatic heterocycles. The highest BCUT2D eigenvalue weighted by molar-refractivity contribution is 7.99. The molecule has 0 saturated heterocycles. The number of thioether (sulfide) groups is 1. The SMILES string of the molecule is CCC(N)Cc1c(SC2CCCC(C)C2)nc2sccn12. The minimum absolute atomic E-state index is 0.231. The number of nitrogens with zero attached hydrogens (tertiary/aromatic N) is 2. The summed E-state index contributed by atoms with van der Waals surface area (Å²) in [5.74, 6) is 0.862. The Balaban J connectivity index is 1.83. The van der Waals surface area contributed by atoms with Crippen molar-refractivity contribution in [2.45, 2.75) is 68.7 Å². The van der Waals surface area contributed by atoms with Crippen LogP contribution in [0.25, 0.3) is 4.96 Å². The van der Waals surface area contributed by atoms with Crippen LogP contribution in [-0.4, -0.2) is 20.7 Å². The van der Waals surface area contributed by atoms with E-state index in [1.165, 1.54) is 36.4 Å². The molecule has 21 heavy (non-hydrogen) atoms. The molecule has 0 amide bonds. The summed E-state index contributed by atoms with van der Waals surface area (Å²) in [6.45, 7) is 4.54. The molecule has 5 heteroatoms. The van der Waals surface area contributed by atoms with Crippen molar-refractivity contribution in [1.82, 2.24) is 9.38 Å². The van der Waals surface area contributed by atoms with Gasteiger partial charge in [-0.3, -0.25) is 4.40 Å².